The van der Waals surface area contributed by atoms with Crippen molar-refractivity contribution >= 4 is 17.7 Å². The second kappa shape index (κ2) is 8.39. The number of likely N-dealkylation sites (tertiary alicyclic amines) is 1. The van der Waals surface area contributed by atoms with E-state index in [1.54, 1.807) is 0 Å². The van der Waals surface area contributed by atoms with E-state index in [2.05, 4.69) is 36.1 Å². The number of rotatable bonds is 8. The monoisotopic (exact) mass is 389 g/mol. The first-order valence-corrected chi connectivity index (χ1v) is 10.1. The Labute approximate surface area is 166 Å². The van der Waals surface area contributed by atoms with Gasteiger partial charge < -0.3 is 20.1 Å². The van der Waals surface area contributed by atoms with Gasteiger partial charge in [-0.15, -0.1) is 0 Å². The number of benzene rings is 1. The number of carbonyl (C=O) groups excluding carboxylic acids is 1. The quantitative estimate of drug-likeness (QED) is 0.665. The summed E-state index contributed by atoms with van der Waals surface area (Å²) < 4.78 is 5.49. The van der Waals surface area contributed by atoms with Crippen molar-refractivity contribution in [3.63, 3.8) is 0 Å². The van der Waals surface area contributed by atoms with Crippen molar-refractivity contribution in [2.75, 3.05) is 32.1 Å². The van der Waals surface area contributed by atoms with Gasteiger partial charge in [0, 0.05) is 37.7 Å². The van der Waals surface area contributed by atoms with Crippen LogP contribution in [0.5, 0.6) is 5.75 Å². The van der Waals surface area contributed by atoms with Gasteiger partial charge in [-0.2, -0.15) is 0 Å². The normalized spacial score (nSPS) is 23.4. The third-order valence-electron chi connectivity index (χ3n) is 6.10. The van der Waals surface area contributed by atoms with Gasteiger partial charge in [0.05, 0.1) is 6.17 Å². The fraction of sp³-hybridized carbons (Fsp3) is 0.619. The van der Waals surface area contributed by atoms with Crippen LogP contribution in [-0.2, 0) is 10.2 Å². The van der Waals surface area contributed by atoms with Gasteiger partial charge in [0.25, 0.3) is 0 Å². The molecule has 1 amide bonds. The molecule has 1 saturated heterocycles. The lowest BCUT2D eigenvalue weighted by Crippen LogP contribution is -2.45. The molecule has 3 rings (SSSR count). The van der Waals surface area contributed by atoms with E-state index in [1.807, 2.05) is 18.2 Å². The highest BCUT2D eigenvalue weighted by Gasteiger charge is 2.52. The summed E-state index contributed by atoms with van der Waals surface area (Å²) in [7, 11) is 4.28. The van der Waals surface area contributed by atoms with Crippen molar-refractivity contribution in [2.24, 2.45) is 0 Å². The van der Waals surface area contributed by atoms with E-state index in [0.717, 1.165) is 32.2 Å². The van der Waals surface area contributed by atoms with Crippen LogP contribution in [0.4, 0.5) is 10.5 Å². The van der Waals surface area contributed by atoms with Crippen LogP contribution in [0, 0.1) is 0 Å². The molecule has 7 nitrogen and oxygen atoms in total. The van der Waals surface area contributed by atoms with Crippen molar-refractivity contribution in [3.8, 4) is 5.75 Å². The van der Waals surface area contributed by atoms with Crippen molar-refractivity contribution < 1.29 is 19.4 Å². The van der Waals surface area contributed by atoms with Gasteiger partial charge in [0.1, 0.15) is 5.75 Å². The summed E-state index contributed by atoms with van der Waals surface area (Å²) in [4.78, 5) is 27.2. The second-order valence-corrected chi connectivity index (χ2v) is 8.19. The predicted molar refractivity (Wildman–Crippen MR) is 108 cm³/mol. The molecule has 2 aliphatic heterocycles. The van der Waals surface area contributed by atoms with Crippen LogP contribution in [0.3, 0.4) is 0 Å². The number of nitrogens with one attached hydrogen (secondary N) is 1. The van der Waals surface area contributed by atoms with E-state index in [9.17, 15) is 9.59 Å². The lowest BCUT2D eigenvalue weighted by molar-refractivity contribution is -0.137. The van der Waals surface area contributed by atoms with E-state index in [0.29, 0.717) is 24.9 Å². The molecule has 2 heterocycles. The molecule has 7 heteroatoms. The third-order valence-corrected chi connectivity index (χ3v) is 6.10. The van der Waals surface area contributed by atoms with Gasteiger partial charge in [-0.1, -0.05) is 19.8 Å². The van der Waals surface area contributed by atoms with Crippen molar-refractivity contribution in [1.82, 2.24) is 10.2 Å². The number of hydrogen-bond acceptors (Lipinski definition) is 5. The maximum absolute atomic E-state index is 12.1. The number of likely N-dealkylation sites (N-methyl/N-ethyl adjacent to an activating group) is 2. The minimum absolute atomic E-state index is 0.0463. The molecule has 1 aromatic carbocycles. The van der Waals surface area contributed by atoms with Crippen LogP contribution in [0.1, 0.15) is 51.0 Å². The largest absolute Gasteiger partial charge is 0.481 e. The molecule has 28 heavy (non-hydrogen) atoms. The molecule has 2 N–H and O–H groups in total. The molecule has 0 radical (unpaired) electrons. The van der Waals surface area contributed by atoms with E-state index >= 15 is 0 Å². The molecule has 154 valence electrons. The van der Waals surface area contributed by atoms with E-state index in [4.69, 9.17) is 9.84 Å². The Morgan fingerprint density at radius 2 is 2.00 bits per heavy atom. The molecule has 0 spiro atoms. The van der Waals surface area contributed by atoms with Gasteiger partial charge in [-0.05, 0) is 50.1 Å². The first kappa shape index (κ1) is 20.5. The van der Waals surface area contributed by atoms with Crippen LogP contribution in [0.2, 0.25) is 0 Å². The Morgan fingerprint density at radius 1 is 1.25 bits per heavy atom. The Hall–Kier alpha value is -2.28. The number of carbonyl (C=O) groups is 2. The van der Waals surface area contributed by atoms with Crippen LogP contribution < -0.4 is 15.0 Å². The molecular formula is C21H31N3O4. The molecule has 2 atom stereocenters. The SMILES string of the molecule is CN1CC[C@@]2(C)c3cc(OC(=O)NCCCCCCC(=O)O)ccc3N(C)[C@@H]12. The lowest BCUT2D eigenvalue weighted by atomic mass is 9.81. The number of unbranched alkanes of at least 4 members (excludes halogenated alkanes) is 3. The van der Waals surface area contributed by atoms with Gasteiger partial charge in [0.2, 0.25) is 0 Å². The van der Waals surface area contributed by atoms with Gasteiger partial charge >= 0.3 is 12.1 Å². The zero-order valence-corrected chi connectivity index (χ0v) is 17.0. The first-order chi connectivity index (χ1) is 13.3. The number of amides is 1. The van der Waals surface area contributed by atoms with Crippen LogP contribution in [0.25, 0.3) is 0 Å². The highest BCUT2D eigenvalue weighted by atomic mass is 16.6. The number of anilines is 1. The topological polar surface area (TPSA) is 82.1 Å². The van der Waals surface area contributed by atoms with E-state index < -0.39 is 12.1 Å². The molecule has 0 bridgehead atoms. The fourth-order valence-corrected chi connectivity index (χ4v) is 4.71. The molecule has 0 aliphatic carbocycles. The summed E-state index contributed by atoms with van der Waals surface area (Å²) in [5, 5.41) is 11.4. The molecular weight excluding hydrogens is 358 g/mol. The molecule has 0 unspecified atom stereocenters. The summed E-state index contributed by atoms with van der Waals surface area (Å²) in [5.41, 5.74) is 2.49. The van der Waals surface area contributed by atoms with Gasteiger partial charge in [-0.3, -0.25) is 9.69 Å². The molecule has 0 saturated carbocycles. The van der Waals surface area contributed by atoms with Crippen LogP contribution in [0.15, 0.2) is 18.2 Å². The summed E-state index contributed by atoms with van der Waals surface area (Å²) in [5.74, 6) is -0.186. The Morgan fingerprint density at radius 3 is 2.75 bits per heavy atom. The summed E-state index contributed by atoms with van der Waals surface area (Å²) >= 11 is 0. The van der Waals surface area contributed by atoms with Crippen molar-refractivity contribution in [2.45, 2.75) is 57.0 Å². The average Bonchev–Trinajstić information content (AvgIpc) is 3.06. The molecule has 0 aromatic heterocycles. The van der Waals surface area contributed by atoms with Gasteiger partial charge in [-0.25, -0.2) is 4.79 Å². The number of fused-ring (bicyclic) bond motifs is 3. The highest BCUT2D eigenvalue weighted by molar-refractivity contribution is 5.72. The maximum atomic E-state index is 12.1. The Balaban J connectivity index is 1.49. The van der Waals surface area contributed by atoms with E-state index in [1.165, 1.54) is 11.3 Å². The van der Waals surface area contributed by atoms with Crippen molar-refractivity contribution in [1.29, 1.82) is 0 Å². The number of carboxylic acid groups (broad SMARTS) is 1. The summed E-state index contributed by atoms with van der Waals surface area (Å²) in [6.07, 6.45) is 4.44. The number of hydrogen-bond donors (Lipinski definition) is 2. The number of aliphatic carboxylic acids is 1. The number of carboxylic acids is 1. The Kier molecular flexibility index (Phi) is 6.13. The molecule has 1 fully saturated rings. The summed E-state index contributed by atoms with van der Waals surface area (Å²) in [6.45, 7) is 3.88. The standard InChI is InChI=1S/C21H31N3O4/c1-21-11-13-23(2)19(21)24(3)17-10-9-15(14-16(17)21)28-20(27)22-12-7-5-4-6-8-18(25)26/h9-10,14,19H,4-8,11-13H2,1-3H3,(H,22,27)(H,25,26)/t19-,21+/m1/s1. The minimum atomic E-state index is -0.758. The Bertz CT molecular complexity index is 738. The fourth-order valence-electron chi connectivity index (χ4n) is 4.71. The van der Waals surface area contributed by atoms with Crippen LogP contribution >= 0.6 is 0 Å². The van der Waals surface area contributed by atoms with Crippen molar-refractivity contribution in [3.05, 3.63) is 23.8 Å². The second-order valence-electron chi connectivity index (χ2n) is 8.19. The smallest absolute Gasteiger partial charge is 0.412 e. The first-order valence-electron chi connectivity index (χ1n) is 10.1. The summed E-state index contributed by atoms with van der Waals surface area (Å²) in [6, 6.07) is 5.90. The minimum Gasteiger partial charge on any atom is -0.481 e. The number of ether oxygens (including phenoxy) is 1. The lowest BCUT2D eigenvalue weighted by Gasteiger charge is -2.32. The number of nitrogens with zero attached hydrogens (tertiary/aromatic N) is 2. The zero-order chi connectivity index (χ0) is 20.3. The van der Waals surface area contributed by atoms with Crippen LogP contribution in [-0.4, -0.2) is 55.4 Å². The molecule has 2 aliphatic rings. The predicted octanol–water partition coefficient (Wildman–Crippen LogP) is 3.18. The third kappa shape index (κ3) is 4.09. The van der Waals surface area contributed by atoms with Gasteiger partial charge in [0.15, 0.2) is 0 Å². The zero-order valence-electron chi connectivity index (χ0n) is 17.0. The molecule has 1 aromatic rings. The average molecular weight is 389 g/mol. The highest BCUT2D eigenvalue weighted by Crippen LogP contribution is 2.51. The maximum Gasteiger partial charge on any atom is 0.412 e. The van der Waals surface area contributed by atoms with E-state index in [-0.39, 0.29) is 11.8 Å².